The van der Waals surface area contributed by atoms with Crippen LogP contribution in [-0.4, -0.2) is 0 Å². The van der Waals surface area contributed by atoms with E-state index in [9.17, 15) is 0 Å². The van der Waals surface area contributed by atoms with Gasteiger partial charge in [-0.1, -0.05) is 274 Å². The van der Waals surface area contributed by atoms with Gasteiger partial charge in [0.05, 0.1) is 5.41 Å². The molecule has 3 aliphatic carbocycles. The molecular formula is C61H50. The number of fused-ring (bicyclic) bond motifs is 12. The third-order valence-corrected chi connectivity index (χ3v) is 11.5. The molecule has 0 bridgehead atoms. The Morgan fingerprint density at radius 3 is 1.95 bits per heavy atom. The molecule has 61 heavy (non-hydrogen) atoms. The van der Waals surface area contributed by atoms with Crippen LogP contribution in [0.3, 0.4) is 0 Å². The first-order chi connectivity index (χ1) is 30.3. The molecule has 0 saturated carbocycles. The van der Waals surface area contributed by atoms with Gasteiger partial charge in [0.15, 0.2) is 0 Å². The van der Waals surface area contributed by atoms with E-state index in [1.54, 1.807) is 0 Å². The lowest BCUT2D eigenvalue weighted by Gasteiger charge is -2.37. The van der Waals surface area contributed by atoms with E-state index in [0.29, 0.717) is 0 Å². The smallest absolute Gasteiger partial charge is 0.0725 e. The average molecular weight is 783 g/mol. The first-order valence-electron chi connectivity index (χ1n) is 21.1. The Labute approximate surface area is 362 Å². The van der Waals surface area contributed by atoms with Crippen LogP contribution in [-0.2, 0) is 5.41 Å². The van der Waals surface area contributed by atoms with Gasteiger partial charge in [-0.2, -0.15) is 0 Å². The van der Waals surface area contributed by atoms with E-state index in [0.717, 1.165) is 0 Å². The first-order valence-corrected chi connectivity index (χ1v) is 21.1. The second kappa shape index (κ2) is 19.5. The Morgan fingerprint density at radius 2 is 1.13 bits per heavy atom. The van der Waals surface area contributed by atoms with Crippen LogP contribution in [0, 0.1) is 0 Å². The van der Waals surface area contributed by atoms with Crippen LogP contribution in [0.15, 0.2) is 284 Å². The van der Waals surface area contributed by atoms with Gasteiger partial charge in [-0.3, -0.25) is 0 Å². The molecule has 3 aliphatic rings. The molecule has 0 amide bonds. The fourth-order valence-corrected chi connectivity index (χ4v) is 8.96. The summed E-state index contributed by atoms with van der Waals surface area (Å²) in [5, 5.41) is 5.01. The quantitative estimate of drug-likeness (QED) is 0.103. The molecular weight excluding hydrogens is 733 g/mol. The van der Waals surface area contributed by atoms with E-state index in [4.69, 9.17) is 0 Å². The summed E-state index contributed by atoms with van der Waals surface area (Å²) in [5.41, 5.74) is 10.4. The molecule has 5 aromatic carbocycles. The van der Waals surface area contributed by atoms with Crippen molar-refractivity contribution in [2.24, 2.45) is 0 Å². The number of hydrogen-bond acceptors (Lipinski definition) is 0. The maximum Gasteiger partial charge on any atom is 0.0725 e. The number of benzene rings is 5. The van der Waals surface area contributed by atoms with Crippen molar-refractivity contribution in [3.63, 3.8) is 0 Å². The van der Waals surface area contributed by atoms with Crippen molar-refractivity contribution in [2.45, 2.75) is 18.3 Å². The van der Waals surface area contributed by atoms with E-state index in [1.165, 1.54) is 71.7 Å². The van der Waals surface area contributed by atoms with Crippen LogP contribution >= 0.6 is 0 Å². The number of hydrogen-bond donors (Lipinski definition) is 0. The third kappa shape index (κ3) is 8.22. The van der Waals surface area contributed by atoms with Gasteiger partial charge in [0.2, 0.25) is 0 Å². The highest BCUT2D eigenvalue weighted by Gasteiger charge is 2.51. The minimum Gasteiger partial charge on any atom is -0.0991 e. The van der Waals surface area contributed by atoms with Crippen LogP contribution in [0.4, 0.5) is 0 Å². The van der Waals surface area contributed by atoms with Gasteiger partial charge in [-0.25, -0.2) is 0 Å². The van der Waals surface area contributed by atoms with Gasteiger partial charge in [-0.15, -0.1) is 0 Å². The van der Waals surface area contributed by atoms with Gasteiger partial charge in [0.25, 0.3) is 0 Å². The molecule has 0 aliphatic heterocycles. The average Bonchev–Trinajstić information content (AvgIpc) is 3.58. The summed E-state index contributed by atoms with van der Waals surface area (Å²) in [6, 6.07) is 37.6. The summed E-state index contributed by atoms with van der Waals surface area (Å²) < 4.78 is 0. The second-order valence-electron chi connectivity index (χ2n) is 15.0. The molecule has 0 nitrogen and oxygen atoms in total. The van der Waals surface area contributed by atoms with E-state index in [2.05, 4.69) is 237 Å². The molecule has 5 aromatic rings. The molecule has 0 heteroatoms. The molecule has 2 atom stereocenters. The third-order valence-electron chi connectivity index (χ3n) is 11.5. The zero-order valence-electron chi connectivity index (χ0n) is 34.7. The summed E-state index contributed by atoms with van der Waals surface area (Å²) >= 11 is 0. The highest BCUT2D eigenvalue weighted by molar-refractivity contribution is 6.19. The molecule has 0 fully saturated rings. The maximum atomic E-state index is 3.88. The molecule has 8 rings (SSSR count). The molecule has 0 heterocycles. The largest absolute Gasteiger partial charge is 0.0991 e. The van der Waals surface area contributed by atoms with Crippen LogP contribution < -0.4 is 0 Å². The van der Waals surface area contributed by atoms with Crippen LogP contribution in [0.1, 0.15) is 40.7 Å². The molecule has 0 N–H and O–H groups in total. The highest BCUT2D eigenvalue weighted by atomic mass is 14.5. The van der Waals surface area contributed by atoms with Crippen molar-refractivity contribution in [2.75, 3.05) is 0 Å². The van der Waals surface area contributed by atoms with Crippen molar-refractivity contribution in [3.05, 3.63) is 312 Å². The van der Waals surface area contributed by atoms with Gasteiger partial charge in [-0.05, 0) is 78.6 Å². The lowest BCUT2D eigenvalue weighted by atomic mass is 9.64. The van der Waals surface area contributed by atoms with E-state index >= 15 is 0 Å². The summed E-state index contributed by atoms with van der Waals surface area (Å²) in [6.07, 6.45) is 58.3. The topological polar surface area (TPSA) is 0 Å². The maximum absolute atomic E-state index is 3.88. The zero-order chi connectivity index (χ0) is 41.7. The van der Waals surface area contributed by atoms with Gasteiger partial charge in [0.1, 0.15) is 0 Å². The van der Waals surface area contributed by atoms with Gasteiger partial charge >= 0.3 is 0 Å². The molecule has 1 spiro atoms. The summed E-state index contributed by atoms with van der Waals surface area (Å²) in [5.74, 6) is 0.0482. The molecule has 294 valence electrons. The van der Waals surface area contributed by atoms with Crippen LogP contribution in [0.5, 0.6) is 0 Å². The summed E-state index contributed by atoms with van der Waals surface area (Å²) in [4.78, 5) is 0. The normalized spacial score (nSPS) is 24.1. The Kier molecular flexibility index (Phi) is 12.8. The SMILES string of the molecule is C=C\C=C/C=C\C=C1\C=C/C=C\c2ccccc2C12C1=C/C=C/C=C(C(/C=C/C=C\C=C/C=C\C)c3ccccc3)\C=C/C=C/C=C\1c1c2c2ccccc2c2ccccc12. The zero-order valence-corrected chi connectivity index (χ0v) is 34.7. The number of rotatable bonds is 9. The lowest BCUT2D eigenvalue weighted by molar-refractivity contribution is 0.772. The summed E-state index contributed by atoms with van der Waals surface area (Å²) in [7, 11) is 0. The van der Waals surface area contributed by atoms with E-state index in [1.807, 2.05) is 43.4 Å². The molecule has 2 unspecified atom stereocenters. The standard InChI is InChI=1S/C61H50/c1-3-5-7-9-10-12-19-39-51(47-31-15-13-16-32-47)48-33-17-14-20-44-56-58(46-30-22-34-48)61(60-55-43-28-26-41-53(55)52-40-25-27-42-54(52)59(56)60)50(37-18-11-8-6-4-2)38-24-21-35-49-36-23-29-45-57(49)61/h3-46,51H,2H2,1H3/b5-3-,8-6-,9-7-,12-10-,17-14?,18-11-,20-14+,30-22+,33-17-,34-22?,35-21-,38-24-,39-19+,44-20?,46-30?,48-33?,48-34+,50-37-,56-44+,58-46+. The minimum atomic E-state index is -0.678. The van der Waals surface area contributed by atoms with Crippen molar-refractivity contribution in [3.8, 4) is 0 Å². The lowest BCUT2D eigenvalue weighted by Crippen LogP contribution is -2.31. The Balaban J connectivity index is 1.41. The van der Waals surface area contributed by atoms with Crippen molar-refractivity contribution < 1.29 is 0 Å². The molecule has 0 radical (unpaired) electrons. The fraction of sp³-hybridized carbons (Fsp3) is 0.0492. The summed E-state index contributed by atoms with van der Waals surface area (Å²) in [6.45, 7) is 5.90. The molecule has 0 aromatic heterocycles. The monoisotopic (exact) mass is 782 g/mol. The predicted molar refractivity (Wildman–Crippen MR) is 266 cm³/mol. The van der Waals surface area contributed by atoms with Crippen LogP contribution in [0.2, 0.25) is 0 Å². The van der Waals surface area contributed by atoms with E-state index < -0.39 is 5.41 Å². The van der Waals surface area contributed by atoms with Crippen molar-refractivity contribution in [1.29, 1.82) is 0 Å². The Morgan fingerprint density at radius 1 is 0.508 bits per heavy atom. The Hall–Kier alpha value is -7.54. The number of allylic oxidation sites excluding steroid dienone is 30. The Bertz CT molecular complexity index is 2910. The van der Waals surface area contributed by atoms with Crippen molar-refractivity contribution >= 4 is 33.2 Å². The van der Waals surface area contributed by atoms with Gasteiger partial charge in [0, 0.05) is 5.92 Å². The van der Waals surface area contributed by atoms with Crippen LogP contribution in [0.25, 0.3) is 33.2 Å². The van der Waals surface area contributed by atoms with Gasteiger partial charge < -0.3 is 0 Å². The second-order valence-corrected chi connectivity index (χ2v) is 15.0. The minimum absolute atomic E-state index is 0.0482. The van der Waals surface area contributed by atoms with E-state index in [-0.39, 0.29) is 5.92 Å². The first kappa shape index (κ1) is 40.2. The molecule has 0 saturated heterocycles. The van der Waals surface area contributed by atoms with Crippen molar-refractivity contribution in [1.82, 2.24) is 0 Å². The predicted octanol–water partition coefficient (Wildman–Crippen LogP) is 16.0. The fourth-order valence-electron chi connectivity index (χ4n) is 8.96. The highest BCUT2D eigenvalue weighted by Crippen LogP contribution is 2.62.